The Morgan fingerprint density at radius 1 is 1.08 bits per heavy atom. The van der Waals surface area contributed by atoms with Gasteiger partial charge in [-0.15, -0.1) is 0 Å². The number of aromatic nitrogens is 2. The molecule has 3 aromatic rings. The first-order chi connectivity index (χ1) is 12.5. The van der Waals surface area contributed by atoms with Crippen LogP contribution in [0.5, 0.6) is 11.5 Å². The Hall–Kier alpha value is -3.33. The molecule has 26 heavy (non-hydrogen) atoms. The van der Waals surface area contributed by atoms with Gasteiger partial charge in [0, 0.05) is 11.5 Å². The van der Waals surface area contributed by atoms with Gasteiger partial charge in [-0.1, -0.05) is 12.1 Å². The van der Waals surface area contributed by atoms with E-state index in [-0.39, 0.29) is 6.04 Å². The van der Waals surface area contributed by atoms with Crippen LogP contribution in [-0.4, -0.2) is 24.2 Å². The predicted molar refractivity (Wildman–Crippen MR) is 101 cm³/mol. The zero-order valence-corrected chi connectivity index (χ0v) is 15.2. The van der Waals surface area contributed by atoms with E-state index in [1.54, 1.807) is 20.3 Å². The number of nitriles is 1. The molecule has 0 saturated carbocycles. The van der Waals surface area contributed by atoms with Gasteiger partial charge in [0.05, 0.1) is 37.4 Å². The zero-order valence-electron chi connectivity index (χ0n) is 15.2. The van der Waals surface area contributed by atoms with E-state index < -0.39 is 0 Å². The van der Waals surface area contributed by atoms with Crippen LogP contribution >= 0.6 is 0 Å². The first kappa shape index (κ1) is 17.5. The Morgan fingerprint density at radius 3 is 2.50 bits per heavy atom. The number of rotatable bonds is 5. The average molecular weight is 348 g/mol. The summed E-state index contributed by atoms with van der Waals surface area (Å²) in [6, 6.07) is 13.4. The van der Waals surface area contributed by atoms with Crippen LogP contribution in [0.25, 0.3) is 10.9 Å². The maximum absolute atomic E-state index is 9.10. The number of benzene rings is 2. The Bertz CT molecular complexity index is 995. The summed E-state index contributed by atoms with van der Waals surface area (Å²) in [5.41, 5.74) is 2.41. The molecule has 6 nitrogen and oxygen atoms in total. The smallest absolute Gasteiger partial charge is 0.162 e. The summed E-state index contributed by atoms with van der Waals surface area (Å²) >= 11 is 0. The van der Waals surface area contributed by atoms with Crippen molar-refractivity contribution in [3.8, 4) is 17.6 Å². The fraction of sp³-hybridized carbons (Fsp3) is 0.250. The van der Waals surface area contributed by atoms with Crippen molar-refractivity contribution in [3.63, 3.8) is 0 Å². The third-order valence-corrected chi connectivity index (χ3v) is 4.18. The van der Waals surface area contributed by atoms with Gasteiger partial charge in [0.2, 0.25) is 0 Å². The number of methoxy groups -OCH3 is 2. The van der Waals surface area contributed by atoms with Crippen LogP contribution in [0.15, 0.2) is 36.4 Å². The SMILES string of the molecule is COc1cc2nc(C)nc(NC(C)c3cccc(C#N)c3)c2cc1OC. The van der Waals surface area contributed by atoms with Crippen molar-refractivity contribution in [1.82, 2.24) is 9.97 Å². The second-order valence-corrected chi connectivity index (χ2v) is 5.95. The summed E-state index contributed by atoms with van der Waals surface area (Å²) in [4.78, 5) is 9.05. The quantitative estimate of drug-likeness (QED) is 0.751. The summed E-state index contributed by atoms with van der Waals surface area (Å²) in [6.45, 7) is 3.88. The molecule has 2 aromatic carbocycles. The zero-order chi connectivity index (χ0) is 18.7. The normalized spacial score (nSPS) is 11.7. The molecule has 0 aliphatic heterocycles. The number of fused-ring (bicyclic) bond motifs is 1. The molecule has 1 N–H and O–H groups in total. The predicted octanol–water partition coefficient (Wildman–Crippen LogP) is 4.00. The van der Waals surface area contributed by atoms with Gasteiger partial charge in [0.15, 0.2) is 11.5 Å². The highest BCUT2D eigenvalue weighted by molar-refractivity contribution is 5.92. The van der Waals surface area contributed by atoms with Crippen LogP contribution in [0.4, 0.5) is 5.82 Å². The number of anilines is 1. The van der Waals surface area contributed by atoms with Crippen molar-refractivity contribution < 1.29 is 9.47 Å². The summed E-state index contributed by atoms with van der Waals surface area (Å²) in [5, 5.41) is 13.4. The van der Waals surface area contributed by atoms with Gasteiger partial charge >= 0.3 is 0 Å². The number of ether oxygens (including phenoxy) is 2. The molecule has 1 aromatic heterocycles. The lowest BCUT2D eigenvalue weighted by molar-refractivity contribution is 0.356. The second-order valence-electron chi connectivity index (χ2n) is 5.95. The monoisotopic (exact) mass is 348 g/mol. The molecule has 0 amide bonds. The topological polar surface area (TPSA) is 80.1 Å². The van der Waals surface area contributed by atoms with Crippen molar-refractivity contribution in [3.05, 3.63) is 53.3 Å². The summed E-state index contributed by atoms with van der Waals surface area (Å²) < 4.78 is 10.8. The minimum absolute atomic E-state index is 0.0334. The lowest BCUT2D eigenvalue weighted by atomic mass is 10.1. The van der Waals surface area contributed by atoms with E-state index in [4.69, 9.17) is 14.7 Å². The molecule has 0 bridgehead atoms. The second kappa shape index (κ2) is 7.28. The molecule has 6 heteroatoms. The third kappa shape index (κ3) is 3.38. The van der Waals surface area contributed by atoms with Crippen LogP contribution in [0, 0.1) is 18.3 Å². The fourth-order valence-corrected chi connectivity index (χ4v) is 2.85. The van der Waals surface area contributed by atoms with Crippen molar-refractivity contribution >= 4 is 16.7 Å². The average Bonchev–Trinajstić information content (AvgIpc) is 2.66. The first-order valence-corrected chi connectivity index (χ1v) is 8.22. The van der Waals surface area contributed by atoms with Gasteiger partial charge in [-0.3, -0.25) is 0 Å². The molecule has 0 fully saturated rings. The highest BCUT2D eigenvalue weighted by Gasteiger charge is 2.14. The molecular weight excluding hydrogens is 328 g/mol. The molecule has 132 valence electrons. The lowest BCUT2D eigenvalue weighted by Gasteiger charge is -2.18. The Morgan fingerprint density at radius 2 is 1.81 bits per heavy atom. The molecule has 3 rings (SSSR count). The molecule has 0 spiro atoms. The maximum atomic E-state index is 9.10. The lowest BCUT2D eigenvalue weighted by Crippen LogP contribution is -2.10. The van der Waals surface area contributed by atoms with E-state index in [9.17, 15) is 0 Å². The fourth-order valence-electron chi connectivity index (χ4n) is 2.85. The van der Waals surface area contributed by atoms with Gasteiger partial charge in [-0.05, 0) is 37.6 Å². The van der Waals surface area contributed by atoms with Crippen LogP contribution in [0.3, 0.4) is 0 Å². The van der Waals surface area contributed by atoms with E-state index in [1.165, 1.54) is 0 Å². The van der Waals surface area contributed by atoms with E-state index in [2.05, 4.69) is 21.4 Å². The van der Waals surface area contributed by atoms with E-state index in [0.717, 1.165) is 16.5 Å². The van der Waals surface area contributed by atoms with Gasteiger partial charge in [0.1, 0.15) is 11.6 Å². The molecule has 1 atom stereocenters. The number of nitrogens with zero attached hydrogens (tertiary/aromatic N) is 3. The number of nitrogens with one attached hydrogen (secondary N) is 1. The third-order valence-electron chi connectivity index (χ3n) is 4.18. The van der Waals surface area contributed by atoms with E-state index >= 15 is 0 Å². The van der Waals surface area contributed by atoms with Gasteiger partial charge in [-0.2, -0.15) is 5.26 Å². The Kier molecular flexibility index (Phi) is 4.90. The van der Waals surface area contributed by atoms with Gasteiger partial charge < -0.3 is 14.8 Å². The van der Waals surface area contributed by atoms with Crippen molar-refractivity contribution in [1.29, 1.82) is 5.26 Å². The molecule has 1 heterocycles. The largest absolute Gasteiger partial charge is 0.493 e. The van der Waals surface area contributed by atoms with Crippen LogP contribution in [0.2, 0.25) is 0 Å². The molecule has 1 unspecified atom stereocenters. The number of aryl methyl sites for hydroxylation is 1. The number of hydrogen-bond acceptors (Lipinski definition) is 6. The van der Waals surface area contributed by atoms with Crippen LogP contribution < -0.4 is 14.8 Å². The Balaban J connectivity index is 2.04. The van der Waals surface area contributed by atoms with Gasteiger partial charge in [0.25, 0.3) is 0 Å². The van der Waals surface area contributed by atoms with Crippen molar-refractivity contribution in [2.45, 2.75) is 19.9 Å². The van der Waals surface area contributed by atoms with E-state index in [0.29, 0.717) is 28.7 Å². The minimum atomic E-state index is -0.0334. The van der Waals surface area contributed by atoms with Gasteiger partial charge in [-0.25, -0.2) is 9.97 Å². The van der Waals surface area contributed by atoms with E-state index in [1.807, 2.05) is 44.2 Å². The standard InChI is InChI=1S/C20H20N4O2/c1-12(15-7-5-6-14(8-15)11-21)22-20-16-9-18(25-3)19(26-4)10-17(16)23-13(2)24-20/h5-10,12H,1-4H3,(H,22,23,24). The van der Waals surface area contributed by atoms with Crippen molar-refractivity contribution in [2.75, 3.05) is 19.5 Å². The van der Waals surface area contributed by atoms with Crippen LogP contribution in [0.1, 0.15) is 29.9 Å². The van der Waals surface area contributed by atoms with Crippen molar-refractivity contribution in [2.24, 2.45) is 0 Å². The highest BCUT2D eigenvalue weighted by atomic mass is 16.5. The summed E-state index contributed by atoms with van der Waals surface area (Å²) in [6.07, 6.45) is 0. The maximum Gasteiger partial charge on any atom is 0.162 e. The molecule has 0 saturated heterocycles. The highest BCUT2D eigenvalue weighted by Crippen LogP contribution is 2.35. The van der Waals surface area contributed by atoms with Crippen LogP contribution in [-0.2, 0) is 0 Å². The summed E-state index contributed by atoms with van der Waals surface area (Å²) in [5.74, 6) is 2.61. The molecule has 0 aliphatic carbocycles. The minimum Gasteiger partial charge on any atom is -0.493 e. The molecule has 0 aliphatic rings. The first-order valence-electron chi connectivity index (χ1n) is 8.22. The summed E-state index contributed by atoms with van der Waals surface area (Å²) in [7, 11) is 3.20. The Labute approximate surface area is 152 Å². The molecule has 0 radical (unpaired) electrons. The number of hydrogen-bond donors (Lipinski definition) is 1. The molecular formula is C20H20N4O2.